The van der Waals surface area contributed by atoms with E-state index in [1.807, 2.05) is 12.1 Å². The molecule has 6 nitrogen and oxygen atoms in total. The molecule has 1 aliphatic heterocycles. The van der Waals surface area contributed by atoms with Crippen LogP contribution in [0.3, 0.4) is 0 Å². The van der Waals surface area contributed by atoms with Crippen LogP contribution in [0.5, 0.6) is 0 Å². The number of furan rings is 1. The van der Waals surface area contributed by atoms with E-state index in [9.17, 15) is 4.79 Å². The minimum atomic E-state index is -0.990. The monoisotopic (exact) mass is 287 g/mol. The van der Waals surface area contributed by atoms with Crippen LogP contribution in [0.15, 0.2) is 29.0 Å². The third-order valence-electron chi connectivity index (χ3n) is 3.92. The summed E-state index contributed by atoms with van der Waals surface area (Å²) in [6, 6.07) is 3.93. The number of rotatable bonds is 3. The molecule has 0 aliphatic carbocycles. The van der Waals surface area contributed by atoms with Gasteiger partial charge in [-0.05, 0) is 31.9 Å². The molecule has 0 amide bonds. The molecule has 2 aromatic rings. The number of aromatic carboxylic acids is 1. The lowest BCUT2D eigenvalue weighted by Gasteiger charge is -2.31. The van der Waals surface area contributed by atoms with Crippen molar-refractivity contribution in [1.29, 1.82) is 0 Å². The van der Waals surface area contributed by atoms with E-state index in [4.69, 9.17) is 9.52 Å². The molecule has 2 aromatic heterocycles. The zero-order valence-corrected chi connectivity index (χ0v) is 11.8. The lowest BCUT2D eigenvalue weighted by molar-refractivity contribution is 0.0695. The first-order chi connectivity index (χ1) is 10.1. The van der Waals surface area contributed by atoms with E-state index >= 15 is 0 Å². The summed E-state index contributed by atoms with van der Waals surface area (Å²) in [6.07, 6.45) is 5.06. The summed E-state index contributed by atoms with van der Waals surface area (Å²) in [6.45, 7) is 3.39. The normalized spacial score (nSPS) is 16.1. The molecule has 3 rings (SSSR count). The highest BCUT2D eigenvalue weighted by Crippen LogP contribution is 2.29. The summed E-state index contributed by atoms with van der Waals surface area (Å²) in [7, 11) is 0. The van der Waals surface area contributed by atoms with Gasteiger partial charge >= 0.3 is 5.97 Å². The Morgan fingerprint density at radius 1 is 1.43 bits per heavy atom. The maximum atomic E-state index is 11.0. The Morgan fingerprint density at radius 3 is 2.76 bits per heavy atom. The number of carboxylic acids is 1. The number of aryl methyl sites for hydroxylation is 1. The average molecular weight is 287 g/mol. The van der Waals surface area contributed by atoms with E-state index in [-0.39, 0.29) is 5.56 Å². The molecule has 0 radical (unpaired) electrons. The molecule has 21 heavy (non-hydrogen) atoms. The third kappa shape index (κ3) is 2.74. The van der Waals surface area contributed by atoms with Gasteiger partial charge in [0.25, 0.3) is 0 Å². The predicted octanol–water partition coefficient (Wildman–Crippen LogP) is 2.46. The summed E-state index contributed by atoms with van der Waals surface area (Å²) < 4.78 is 5.46. The highest BCUT2D eigenvalue weighted by molar-refractivity contribution is 5.88. The molecule has 3 heterocycles. The first-order valence-corrected chi connectivity index (χ1v) is 7.00. The standard InChI is InChI=1S/C15H17N3O3/c1-10-12(14(19)20)9-16-15(17-10)18-6-4-11(5-7-18)13-3-2-8-21-13/h2-3,8-9,11H,4-7H2,1H3,(H,19,20). The highest BCUT2D eigenvalue weighted by atomic mass is 16.4. The number of hydrogen-bond donors (Lipinski definition) is 1. The fraction of sp³-hybridized carbons (Fsp3) is 0.400. The number of carboxylic acid groups (broad SMARTS) is 1. The second kappa shape index (κ2) is 5.55. The molecule has 1 saturated heterocycles. The summed E-state index contributed by atoms with van der Waals surface area (Å²) >= 11 is 0. The summed E-state index contributed by atoms with van der Waals surface area (Å²) in [5.41, 5.74) is 0.657. The molecular weight excluding hydrogens is 270 g/mol. The van der Waals surface area contributed by atoms with Crippen molar-refractivity contribution in [3.8, 4) is 0 Å². The van der Waals surface area contributed by atoms with Gasteiger partial charge in [0.2, 0.25) is 5.95 Å². The first-order valence-electron chi connectivity index (χ1n) is 7.00. The Balaban J connectivity index is 1.69. The topological polar surface area (TPSA) is 79.5 Å². The van der Waals surface area contributed by atoms with Gasteiger partial charge in [-0.25, -0.2) is 14.8 Å². The molecule has 1 N–H and O–H groups in total. The first kappa shape index (κ1) is 13.6. The van der Waals surface area contributed by atoms with Crippen molar-refractivity contribution in [2.45, 2.75) is 25.7 Å². The highest BCUT2D eigenvalue weighted by Gasteiger charge is 2.24. The fourth-order valence-electron chi connectivity index (χ4n) is 2.70. The van der Waals surface area contributed by atoms with E-state index in [2.05, 4.69) is 14.9 Å². The molecule has 0 unspecified atom stereocenters. The van der Waals surface area contributed by atoms with Crippen molar-refractivity contribution in [3.05, 3.63) is 41.6 Å². The van der Waals surface area contributed by atoms with E-state index in [0.29, 0.717) is 17.6 Å². The molecule has 0 bridgehead atoms. The molecule has 6 heteroatoms. The van der Waals surface area contributed by atoms with Gasteiger partial charge in [-0.2, -0.15) is 0 Å². The minimum Gasteiger partial charge on any atom is -0.478 e. The van der Waals surface area contributed by atoms with Crippen LogP contribution >= 0.6 is 0 Å². The molecule has 0 aromatic carbocycles. The predicted molar refractivity (Wildman–Crippen MR) is 76.6 cm³/mol. The number of carbonyl (C=O) groups is 1. The van der Waals surface area contributed by atoms with Gasteiger partial charge in [-0.3, -0.25) is 0 Å². The lowest BCUT2D eigenvalue weighted by atomic mass is 9.94. The van der Waals surface area contributed by atoms with Crippen LogP contribution in [0.2, 0.25) is 0 Å². The van der Waals surface area contributed by atoms with Crippen LogP contribution < -0.4 is 4.90 Å². The maximum absolute atomic E-state index is 11.0. The number of aromatic nitrogens is 2. The Labute approximate surface area is 122 Å². The van der Waals surface area contributed by atoms with Crippen LogP contribution in [0.25, 0.3) is 0 Å². The number of anilines is 1. The third-order valence-corrected chi connectivity index (χ3v) is 3.92. The zero-order chi connectivity index (χ0) is 14.8. The van der Waals surface area contributed by atoms with Crippen molar-refractivity contribution in [2.24, 2.45) is 0 Å². The van der Waals surface area contributed by atoms with Crippen LogP contribution in [0.1, 0.15) is 40.6 Å². The Bertz CT molecular complexity index is 632. The quantitative estimate of drug-likeness (QED) is 0.934. The van der Waals surface area contributed by atoms with Crippen molar-refractivity contribution in [1.82, 2.24) is 9.97 Å². The van der Waals surface area contributed by atoms with E-state index in [1.54, 1.807) is 13.2 Å². The summed E-state index contributed by atoms with van der Waals surface area (Å²) in [5, 5.41) is 9.00. The van der Waals surface area contributed by atoms with Crippen molar-refractivity contribution < 1.29 is 14.3 Å². The maximum Gasteiger partial charge on any atom is 0.339 e. The van der Waals surface area contributed by atoms with Crippen LogP contribution in [0, 0.1) is 6.92 Å². The van der Waals surface area contributed by atoms with E-state index in [0.717, 1.165) is 31.7 Å². The Morgan fingerprint density at radius 2 is 2.19 bits per heavy atom. The van der Waals surface area contributed by atoms with Crippen LogP contribution in [0.4, 0.5) is 5.95 Å². The average Bonchev–Trinajstić information content (AvgIpc) is 3.01. The van der Waals surface area contributed by atoms with Crippen LogP contribution in [-0.4, -0.2) is 34.1 Å². The fourth-order valence-corrected chi connectivity index (χ4v) is 2.70. The largest absolute Gasteiger partial charge is 0.478 e. The summed E-state index contributed by atoms with van der Waals surface area (Å²) in [4.78, 5) is 21.6. The second-order valence-electron chi connectivity index (χ2n) is 5.25. The van der Waals surface area contributed by atoms with Gasteiger partial charge in [0, 0.05) is 25.2 Å². The van der Waals surface area contributed by atoms with Gasteiger partial charge in [-0.15, -0.1) is 0 Å². The molecule has 0 atom stereocenters. The van der Waals surface area contributed by atoms with Crippen LogP contribution in [-0.2, 0) is 0 Å². The number of piperidine rings is 1. The smallest absolute Gasteiger partial charge is 0.339 e. The second-order valence-corrected chi connectivity index (χ2v) is 5.25. The number of nitrogens with zero attached hydrogens (tertiary/aromatic N) is 3. The van der Waals surface area contributed by atoms with Gasteiger partial charge in [0.15, 0.2) is 0 Å². The van der Waals surface area contributed by atoms with Gasteiger partial charge < -0.3 is 14.4 Å². The molecule has 0 saturated carbocycles. The van der Waals surface area contributed by atoms with E-state index in [1.165, 1.54) is 6.20 Å². The van der Waals surface area contributed by atoms with E-state index < -0.39 is 5.97 Å². The van der Waals surface area contributed by atoms with Gasteiger partial charge in [0.1, 0.15) is 5.76 Å². The van der Waals surface area contributed by atoms with Crippen molar-refractivity contribution in [3.63, 3.8) is 0 Å². The molecule has 110 valence electrons. The van der Waals surface area contributed by atoms with Crippen molar-refractivity contribution in [2.75, 3.05) is 18.0 Å². The van der Waals surface area contributed by atoms with Crippen molar-refractivity contribution >= 4 is 11.9 Å². The molecule has 1 fully saturated rings. The summed E-state index contributed by atoms with van der Waals surface area (Å²) in [5.74, 6) is 1.09. The Hall–Kier alpha value is -2.37. The zero-order valence-electron chi connectivity index (χ0n) is 11.8. The molecule has 1 aliphatic rings. The number of hydrogen-bond acceptors (Lipinski definition) is 5. The lowest BCUT2D eigenvalue weighted by Crippen LogP contribution is -2.34. The molecular formula is C15H17N3O3. The minimum absolute atomic E-state index is 0.157. The molecule has 0 spiro atoms. The Kier molecular flexibility index (Phi) is 3.60. The SMILES string of the molecule is Cc1nc(N2CCC(c3ccco3)CC2)ncc1C(=O)O. The van der Waals surface area contributed by atoms with Gasteiger partial charge in [-0.1, -0.05) is 0 Å². The van der Waals surface area contributed by atoms with Gasteiger partial charge in [0.05, 0.1) is 17.5 Å².